The fraction of sp³-hybridized carbons (Fsp3) is 0.611. The molecular formula is C18H26N4O2. The van der Waals surface area contributed by atoms with Crippen molar-refractivity contribution < 1.29 is 9.90 Å². The number of hydrogen-bond acceptors (Lipinski definition) is 4. The third-order valence-corrected chi connectivity index (χ3v) is 5.83. The van der Waals surface area contributed by atoms with Crippen molar-refractivity contribution in [2.24, 2.45) is 5.92 Å². The van der Waals surface area contributed by atoms with Crippen LogP contribution < -0.4 is 10.6 Å². The molecule has 3 N–H and O–H groups in total. The number of piperidine rings is 2. The zero-order chi connectivity index (χ0) is 16.6. The van der Waals surface area contributed by atoms with Gasteiger partial charge in [0.1, 0.15) is 0 Å². The molecule has 6 heteroatoms. The fourth-order valence-electron chi connectivity index (χ4n) is 4.93. The molecule has 4 saturated heterocycles. The van der Waals surface area contributed by atoms with E-state index in [0.29, 0.717) is 12.5 Å². The summed E-state index contributed by atoms with van der Waals surface area (Å²) in [6, 6.07) is 10.6. The summed E-state index contributed by atoms with van der Waals surface area (Å²) in [4.78, 5) is 17.4. The Bertz CT molecular complexity index is 578. The van der Waals surface area contributed by atoms with Crippen LogP contribution in [0, 0.1) is 5.92 Å². The highest BCUT2D eigenvalue weighted by molar-refractivity contribution is 5.74. The molecule has 1 aromatic carbocycles. The van der Waals surface area contributed by atoms with Gasteiger partial charge in [-0.1, -0.05) is 30.3 Å². The lowest BCUT2D eigenvalue weighted by atomic mass is 9.64. The lowest BCUT2D eigenvalue weighted by Gasteiger charge is -2.55. The summed E-state index contributed by atoms with van der Waals surface area (Å²) in [6.07, 6.45) is 0. The SMILES string of the molecule is O=C(NCCO)N[C@@H]1C2CN3CCN(C2)CC1(c1ccccc1)C3. The number of hydrogen-bond donors (Lipinski definition) is 3. The number of aliphatic hydroxyl groups excluding tert-OH is 1. The smallest absolute Gasteiger partial charge is 0.315 e. The number of aliphatic hydroxyl groups is 1. The zero-order valence-electron chi connectivity index (χ0n) is 13.9. The highest BCUT2D eigenvalue weighted by Crippen LogP contribution is 2.43. The van der Waals surface area contributed by atoms with E-state index >= 15 is 0 Å². The average molecular weight is 330 g/mol. The van der Waals surface area contributed by atoms with Crippen molar-refractivity contribution in [3.05, 3.63) is 35.9 Å². The minimum Gasteiger partial charge on any atom is -0.395 e. The van der Waals surface area contributed by atoms with Crippen LogP contribution in [0.5, 0.6) is 0 Å². The number of fused-ring (bicyclic) bond motifs is 1. The standard InChI is InChI=1S/C18H26N4O2/c23-9-6-19-17(24)20-16-14-10-21-7-8-22(11-14)13-18(16,12-21)15-4-2-1-3-5-15/h1-5,14,16,23H,6-13H2,(H2,19,20,24)/t14?,16-,18?/m1/s1. The molecule has 0 aromatic heterocycles. The van der Waals surface area contributed by atoms with Crippen molar-refractivity contribution in [3.8, 4) is 0 Å². The largest absolute Gasteiger partial charge is 0.395 e. The number of urea groups is 1. The van der Waals surface area contributed by atoms with Crippen molar-refractivity contribution >= 4 is 6.03 Å². The molecule has 5 rings (SSSR count). The van der Waals surface area contributed by atoms with E-state index < -0.39 is 0 Å². The van der Waals surface area contributed by atoms with E-state index in [4.69, 9.17) is 5.11 Å². The lowest BCUT2D eigenvalue weighted by Crippen LogP contribution is -2.71. The monoisotopic (exact) mass is 330 g/mol. The quantitative estimate of drug-likeness (QED) is 0.718. The first kappa shape index (κ1) is 15.9. The first-order chi connectivity index (χ1) is 11.7. The van der Waals surface area contributed by atoms with E-state index in [1.54, 1.807) is 0 Å². The van der Waals surface area contributed by atoms with Gasteiger partial charge in [0.2, 0.25) is 0 Å². The number of rotatable bonds is 4. The first-order valence-corrected chi connectivity index (χ1v) is 8.87. The highest BCUT2D eigenvalue weighted by Gasteiger charge is 2.55. The van der Waals surface area contributed by atoms with E-state index in [1.165, 1.54) is 5.56 Å². The second-order valence-electron chi connectivity index (χ2n) is 7.35. The van der Waals surface area contributed by atoms with Crippen LogP contribution in [0.1, 0.15) is 5.56 Å². The normalized spacial score (nSPS) is 37.0. The minimum atomic E-state index is -0.166. The summed E-state index contributed by atoms with van der Waals surface area (Å²) in [5, 5.41) is 14.9. The van der Waals surface area contributed by atoms with Gasteiger partial charge in [0, 0.05) is 63.2 Å². The van der Waals surface area contributed by atoms with Crippen LogP contribution in [-0.2, 0) is 5.41 Å². The van der Waals surface area contributed by atoms with Crippen LogP contribution in [0.3, 0.4) is 0 Å². The third kappa shape index (κ3) is 2.68. The second-order valence-corrected chi connectivity index (χ2v) is 7.35. The predicted molar refractivity (Wildman–Crippen MR) is 91.9 cm³/mol. The molecule has 0 radical (unpaired) electrons. The summed E-state index contributed by atoms with van der Waals surface area (Å²) in [6.45, 7) is 6.59. The summed E-state index contributed by atoms with van der Waals surface area (Å²) in [5.41, 5.74) is 1.26. The number of nitrogens with zero attached hydrogens (tertiary/aromatic N) is 2. The maximum Gasteiger partial charge on any atom is 0.315 e. The van der Waals surface area contributed by atoms with E-state index in [0.717, 1.165) is 39.3 Å². The van der Waals surface area contributed by atoms with E-state index in [1.807, 2.05) is 0 Å². The van der Waals surface area contributed by atoms with Crippen molar-refractivity contribution in [2.75, 3.05) is 52.4 Å². The maximum absolute atomic E-state index is 12.3. The minimum absolute atomic E-state index is 0.0348. The van der Waals surface area contributed by atoms with Gasteiger partial charge in [-0.3, -0.25) is 0 Å². The molecule has 4 heterocycles. The molecule has 4 bridgehead atoms. The van der Waals surface area contributed by atoms with Gasteiger partial charge in [0.25, 0.3) is 0 Å². The lowest BCUT2D eigenvalue weighted by molar-refractivity contribution is 0.0230. The molecular weight excluding hydrogens is 304 g/mol. The highest BCUT2D eigenvalue weighted by atomic mass is 16.3. The Morgan fingerprint density at radius 1 is 1.17 bits per heavy atom. The van der Waals surface area contributed by atoms with E-state index in [9.17, 15) is 4.79 Å². The first-order valence-electron chi connectivity index (χ1n) is 8.87. The van der Waals surface area contributed by atoms with Crippen LogP contribution in [0.25, 0.3) is 0 Å². The molecule has 6 nitrogen and oxygen atoms in total. The number of benzene rings is 1. The zero-order valence-corrected chi connectivity index (χ0v) is 13.9. The molecule has 2 unspecified atom stereocenters. The third-order valence-electron chi connectivity index (χ3n) is 5.83. The molecule has 4 aliphatic rings. The Morgan fingerprint density at radius 3 is 2.46 bits per heavy atom. The van der Waals surface area contributed by atoms with Crippen LogP contribution in [-0.4, -0.2) is 79.4 Å². The molecule has 0 saturated carbocycles. The van der Waals surface area contributed by atoms with Crippen molar-refractivity contribution in [3.63, 3.8) is 0 Å². The van der Waals surface area contributed by atoms with Crippen molar-refractivity contribution in [2.45, 2.75) is 11.5 Å². The topological polar surface area (TPSA) is 67.8 Å². The molecule has 0 aliphatic carbocycles. The molecule has 3 atom stereocenters. The molecule has 24 heavy (non-hydrogen) atoms. The second kappa shape index (κ2) is 6.35. The summed E-state index contributed by atoms with van der Waals surface area (Å²) in [5.74, 6) is 0.440. The molecule has 1 aromatic rings. The van der Waals surface area contributed by atoms with Gasteiger partial charge in [0.15, 0.2) is 0 Å². The summed E-state index contributed by atoms with van der Waals surface area (Å²) < 4.78 is 0. The summed E-state index contributed by atoms with van der Waals surface area (Å²) >= 11 is 0. The number of amides is 2. The number of nitrogens with one attached hydrogen (secondary N) is 2. The Morgan fingerprint density at radius 2 is 1.83 bits per heavy atom. The maximum atomic E-state index is 12.3. The van der Waals surface area contributed by atoms with Crippen molar-refractivity contribution in [1.29, 1.82) is 0 Å². The molecule has 4 fully saturated rings. The summed E-state index contributed by atoms with van der Waals surface area (Å²) in [7, 11) is 0. The van der Waals surface area contributed by atoms with Gasteiger partial charge in [-0.05, 0) is 5.56 Å². The van der Waals surface area contributed by atoms with Gasteiger partial charge in [-0.15, -0.1) is 0 Å². The molecule has 2 amide bonds. The van der Waals surface area contributed by atoms with E-state index in [2.05, 4.69) is 50.8 Å². The number of carbonyl (C=O) groups excluding carboxylic acids is 1. The van der Waals surface area contributed by atoms with Crippen LogP contribution in [0.4, 0.5) is 4.79 Å². The van der Waals surface area contributed by atoms with Gasteiger partial charge >= 0.3 is 6.03 Å². The van der Waals surface area contributed by atoms with Gasteiger partial charge in [-0.25, -0.2) is 4.79 Å². The Balaban J connectivity index is 1.67. The Hall–Kier alpha value is -1.63. The van der Waals surface area contributed by atoms with Crippen LogP contribution >= 0.6 is 0 Å². The Kier molecular flexibility index (Phi) is 4.20. The van der Waals surface area contributed by atoms with Gasteiger partial charge < -0.3 is 25.5 Å². The number of carbonyl (C=O) groups is 1. The van der Waals surface area contributed by atoms with Crippen LogP contribution in [0.15, 0.2) is 30.3 Å². The fourth-order valence-corrected chi connectivity index (χ4v) is 4.93. The van der Waals surface area contributed by atoms with Crippen molar-refractivity contribution in [1.82, 2.24) is 20.4 Å². The molecule has 130 valence electrons. The molecule has 4 aliphatic heterocycles. The molecule has 0 spiro atoms. The van der Waals surface area contributed by atoms with Gasteiger partial charge in [-0.2, -0.15) is 0 Å². The average Bonchev–Trinajstić information content (AvgIpc) is 2.85. The predicted octanol–water partition coefficient (Wildman–Crippen LogP) is -0.154. The van der Waals surface area contributed by atoms with Gasteiger partial charge in [0.05, 0.1) is 6.61 Å². The van der Waals surface area contributed by atoms with Crippen LogP contribution in [0.2, 0.25) is 0 Å². The Labute approximate surface area is 142 Å². The van der Waals surface area contributed by atoms with E-state index in [-0.39, 0.29) is 24.1 Å².